The Morgan fingerprint density at radius 3 is 2.31 bits per heavy atom. The first kappa shape index (κ1) is 18.7. The molecule has 2 N–H and O–H groups in total. The van der Waals surface area contributed by atoms with Crippen molar-refractivity contribution >= 4 is 12.1 Å². The van der Waals surface area contributed by atoms with Crippen LogP contribution in [0.2, 0.25) is 0 Å². The van der Waals surface area contributed by atoms with Crippen LogP contribution in [0, 0.1) is 0 Å². The number of nitrogens with zero attached hydrogens (tertiary/aromatic N) is 2. The Bertz CT molecular complexity index is 1010. The van der Waals surface area contributed by atoms with Crippen LogP contribution in [0.15, 0.2) is 61.1 Å². The number of ether oxygens (including phenoxy) is 1. The lowest BCUT2D eigenvalue weighted by Gasteiger charge is -2.17. The molecule has 0 saturated carbocycles. The number of imidazole rings is 1. The lowest BCUT2D eigenvalue weighted by Crippen LogP contribution is -2.43. The molecule has 1 amide bonds. The third kappa shape index (κ3) is 3.85. The Morgan fingerprint density at radius 1 is 1.14 bits per heavy atom. The molecule has 0 spiro atoms. The van der Waals surface area contributed by atoms with Crippen LogP contribution in [0.1, 0.15) is 22.7 Å². The number of carbonyl (C=O) groups is 2. The molecule has 3 aromatic rings. The number of carboxylic acid groups (broad SMARTS) is 1. The third-order valence-electron chi connectivity index (χ3n) is 5.11. The van der Waals surface area contributed by atoms with Crippen molar-refractivity contribution in [3.8, 4) is 11.1 Å². The summed E-state index contributed by atoms with van der Waals surface area (Å²) in [5, 5.41) is 11.9. The number of carbonyl (C=O) groups excluding carboxylic acids is 1. The molecule has 1 atom stereocenters. The van der Waals surface area contributed by atoms with E-state index in [1.165, 1.54) is 0 Å². The van der Waals surface area contributed by atoms with Crippen molar-refractivity contribution in [2.45, 2.75) is 18.4 Å². The fraction of sp³-hybridized carbons (Fsp3) is 0.227. The van der Waals surface area contributed by atoms with Gasteiger partial charge < -0.3 is 19.7 Å². The van der Waals surface area contributed by atoms with Gasteiger partial charge in [-0.15, -0.1) is 0 Å². The number of amides is 1. The van der Waals surface area contributed by atoms with Crippen molar-refractivity contribution in [1.29, 1.82) is 0 Å². The molecule has 1 unspecified atom stereocenters. The summed E-state index contributed by atoms with van der Waals surface area (Å²) in [6, 6.07) is 15.0. The average Bonchev–Trinajstić information content (AvgIpc) is 3.27. The zero-order chi connectivity index (χ0) is 20.4. The highest BCUT2D eigenvalue weighted by molar-refractivity contribution is 5.81. The molecule has 7 nitrogen and oxygen atoms in total. The van der Waals surface area contributed by atoms with Crippen LogP contribution in [0.4, 0.5) is 4.79 Å². The predicted molar refractivity (Wildman–Crippen MR) is 107 cm³/mol. The van der Waals surface area contributed by atoms with E-state index in [-0.39, 0.29) is 18.9 Å². The Labute approximate surface area is 168 Å². The Balaban J connectivity index is 1.43. The normalized spacial score (nSPS) is 13.4. The molecular weight excluding hydrogens is 370 g/mol. The topological polar surface area (TPSA) is 93.5 Å². The maximum Gasteiger partial charge on any atom is 0.407 e. The van der Waals surface area contributed by atoms with Gasteiger partial charge in [0.2, 0.25) is 0 Å². The minimum Gasteiger partial charge on any atom is -0.480 e. The summed E-state index contributed by atoms with van der Waals surface area (Å²) in [7, 11) is 1.80. The van der Waals surface area contributed by atoms with E-state index in [4.69, 9.17) is 4.74 Å². The van der Waals surface area contributed by atoms with E-state index in [2.05, 4.69) is 22.4 Å². The highest BCUT2D eigenvalue weighted by Crippen LogP contribution is 2.44. The van der Waals surface area contributed by atoms with Crippen molar-refractivity contribution in [3.05, 3.63) is 77.9 Å². The molecule has 4 rings (SSSR count). The molecule has 2 aromatic carbocycles. The van der Waals surface area contributed by atoms with Gasteiger partial charge in [-0.25, -0.2) is 14.6 Å². The first-order chi connectivity index (χ1) is 14.0. The number of rotatable bonds is 6. The lowest BCUT2D eigenvalue weighted by molar-refractivity contribution is -0.139. The fourth-order valence-corrected chi connectivity index (χ4v) is 3.76. The van der Waals surface area contributed by atoms with E-state index in [9.17, 15) is 14.7 Å². The molecule has 29 heavy (non-hydrogen) atoms. The fourth-order valence-electron chi connectivity index (χ4n) is 3.76. The predicted octanol–water partition coefficient (Wildman–Crippen LogP) is 2.95. The second kappa shape index (κ2) is 7.79. The molecule has 1 aliphatic carbocycles. The van der Waals surface area contributed by atoms with E-state index in [1.54, 1.807) is 24.1 Å². The van der Waals surface area contributed by atoms with Gasteiger partial charge in [0.1, 0.15) is 12.6 Å². The zero-order valence-electron chi connectivity index (χ0n) is 15.9. The number of hydrogen-bond acceptors (Lipinski definition) is 4. The van der Waals surface area contributed by atoms with Crippen LogP contribution in [0.3, 0.4) is 0 Å². The van der Waals surface area contributed by atoms with Crippen molar-refractivity contribution in [1.82, 2.24) is 14.9 Å². The Hall–Kier alpha value is -3.61. The van der Waals surface area contributed by atoms with Crippen LogP contribution < -0.4 is 5.32 Å². The van der Waals surface area contributed by atoms with Crippen LogP contribution in [0.5, 0.6) is 0 Å². The first-order valence-corrected chi connectivity index (χ1v) is 9.34. The molecule has 7 heteroatoms. The van der Waals surface area contributed by atoms with Crippen molar-refractivity contribution in [2.75, 3.05) is 6.61 Å². The first-order valence-electron chi connectivity index (χ1n) is 9.34. The van der Waals surface area contributed by atoms with Crippen LogP contribution >= 0.6 is 0 Å². The summed E-state index contributed by atoms with van der Waals surface area (Å²) in [4.78, 5) is 28.0. The number of aryl methyl sites for hydroxylation is 1. The molecule has 148 valence electrons. The van der Waals surface area contributed by atoms with Gasteiger partial charge >= 0.3 is 12.1 Å². The number of nitrogens with one attached hydrogen (secondary N) is 1. The molecular formula is C22H21N3O4. The van der Waals surface area contributed by atoms with E-state index >= 15 is 0 Å². The van der Waals surface area contributed by atoms with Crippen LogP contribution in [0.25, 0.3) is 11.1 Å². The Kier molecular flexibility index (Phi) is 5.03. The van der Waals surface area contributed by atoms with Gasteiger partial charge in [0, 0.05) is 25.6 Å². The molecule has 0 aliphatic heterocycles. The van der Waals surface area contributed by atoms with Crippen LogP contribution in [-0.2, 0) is 23.0 Å². The standard InChI is InChI=1S/C22H21N3O4/c1-25-11-14(23-13-25)10-20(21(26)27)24-22(28)29-12-19-17-8-4-2-6-15(17)16-7-3-5-9-18(16)19/h2-9,11,13,19-20H,10,12H2,1H3,(H,24,28)(H,26,27). The number of benzene rings is 2. The molecule has 1 heterocycles. The maximum absolute atomic E-state index is 12.3. The minimum absolute atomic E-state index is 0.0766. The van der Waals surface area contributed by atoms with Gasteiger partial charge in [-0.1, -0.05) is 48.5 Å². The summed E-state index contributed by atoms with van der Waals surface area (Å²) in [5.41, 5.74) is 5.06. The van der Waals surface area contributed by atoms with E-state index < -0.39 is 18.1 Å². The second-order valence-corrected chi connectivity index (χ2v) is 7.10. The maximum atomic E-state index is 12.3. The molecule has 0 fully saturated rings. The monoisotopic (exact) mass is 391 g/mol. The molecule has 1 aromatic heterocycles. The highest BCUT2D eigenvalue weighted by Gasteiger charge is 2.29. The van der Waals surface area contributed by atoms with Gasteiger partial charge in [-0.3, -0.25) is 0 Å². The number of aromatic nitrogens is 2. The van der Waals surface area contributed by atoms with Gasteiger partial charge in [0.25, 0.3) is 0 Å². The zero-order valence-corrected chi connectivity index (χ0v) is 15.9. The number of alkyl carbamates (subject to hydrolysis) is 1. The number of fused-ring (bicyclic) bond motifs is 3. The van der Waals surface area contributed by atoms with E-state index in [0.717, 1.165) is 22.3 Å². The van der Waals surface area contributed by atoms with Gasteiger partial charge in [-0.2, -0.15) is 0 Å². The molecule has 0 radical (unpaired) electrons. The summed E-state index contributed by atoms with van der Waals surface area (Å²) in [6.07, 6.45) is 2.63. The lowest BCUT2D eigenvalue weighted by atomic mass is 9.98. The minimum atomic E-state index is -1.14. The van der Waals surface area contributed by atoms with Crippen molar-refractivity contribution < 1.29 is 19.4 Å². The SMILES string of the molecule is Cn1cnc(CC(NC(=O)OCC2c3ccccc3-c3ccccc32)C(=O)O)c1. The van der Waals surface area contributed by atoms with Gasteiger partial charge in [-0.05, 0) is 22.3 Å². The average molecular weight is 391 g/mol. The summed E-state index contributed by atoms with van der Waals surface area (Å²) in [5.74, 6) is -1.21. The summed E-state index contributed by atoms with van der Waals surface area (Å²) >= 11 is 0. The van der Waals surface area contributed by atoms with E-state index in [1.807, 2.05) is 36.4 Å². The third-order valence-corrected chi connectivity index (χ3v) is 5.11. The molecule has 0 bridgehead atoms. The summed E-state index contributed by atoms with van der Waals surface area (Å²) < 4.78 is 7.15. The Morgan fingerprint density at radius 2 is 1.76 bits per heavy atom. The van der Waals surface area contributed by atoms with Gasteiger partial charge in [0.05, 0.1) is 12.0 Å². The number of carboxylic acids is 1. The quantitative estimate of drug-likeness (QED) is 0.674. The van der Waals surface area contributed by atoms with E-state index in [0.29, 0.717) is 5.69 Å². The highest BCUT2D eigenvalue weighted by atomic mass is 16.5. The molecule has 0 saturated heterocycles. The molecule has 1 aliphatic rings. The van der Waals surface area contributed by atoms with Gasteiger partial charge in [0.15, 0.2) is 0 Å². The number of aliphatic carboxylic acids is 1. The second-order valence-electron chi connectivity index (χ2n) is 7.10. The van der Waals surface area contributed by atoms with Crippen molar-refractivity contribution in [2.24, 2.45) is 7.05 Å². The number of hydrogen-bond donors (Lipinski definition) is 2. The largest absolute Gasteiger partial charge is 0.480 e. The smallest absolute Gasteiger partial charge is 0.407 e. The van der Waals surface area contributed by atoms with Crippen LogP contribution in [-0.4, -0.2) is 39.4 Å². The van der Waals surface area contributed by atoms with Crippen molar-refractivity contribution in [3.63, 3.8) is 0 Å². The summed E-state index contributed by atoms with van der Waals surface area (Å²) in [6.45, 7) is 0.135.